The van der Waals surface area contributed by atoms with Crippen molar-refractivity contribution in [2.75, 3.05) is 33.2 Å². The van der Waals surface area contributed by atoms with E-state index < -0.39 is 11.4 Å². The second kappa shape index (κ2) is 5.83. The molecule has 1 N–H and O–H groups in total. The van der Waals surface area contributed by atoms with Gasteiger partial charge in [0.15, 0.2) is 0 Å². The summed E-state index contributed by atoms with van der Waals surface area (Å²) in [6.45, 7) is 10.2. The fourth-order valence-electron chi connectivity index (χ4n) is 2.34. The van der Waals surface area contributed by atoms with Crippen LogP contribution in [-0.4, -0.2) is 60.1 Å². The molecule has 1 atom stereocenters. The summed E-state index contributed by atoms with van der Waals surface area (Å²) in [5.41, 5.74) is -0.587. The smallest absolute Gasteiger partial charge is 0.309 e. The van der Waals surface area contributed by atoms with Crippen LogP contribution in [-0.2, 0) is 4.79 Å². The van der Waals surface area contributed by atoms with Crippen molar-refractivity contribution in [2.24, 2.45) is 5.41 Å². The maximum Gasteiger partial charge on any atom is 0.309 e. The Kier molecular flexibility index (Phi) is 4.95. The number of rotatable bonds is 5. The van der Waals surface area contributed by atoms with Gasteiger partial charge in [0.25, 0.3) is 0 Å². The molecule has 0 spiro atoms. The van der Waals surface area contributed by atoms with Crippen LogP contribution in [0.4, 0.5) is 0 Å². The van der Waals surface area contributed by atoms with Crippen molar-refractivity contribution in [1.82, 2.24) is 9.80 Å². The number of aliphatic carboxylic acids is 1. The van der Waals surface area contributed by atoms with Crippen molar-refractivity contribution >= 4 is 5.97 Å². The number of likely N-dealkylation sites (N-methyl/N-ethyl adjacent to an activating group) is 1. The van der Waals surface area contributed by atoms with Gasteiger partial charge in [-0.1, -0.05) is 0 Å². The van der Waals surface area contributed by atoms with E-state index in [1.807, 2.05) is 13.8 Å². The molecule has 0 aromatic rings. The van der Waals surface area contributed by atoms with Crippen molar-refractivity contribution in [3.8, 4) is 0 Å². The maximum absolute atomic E-state index is 11.0. The molecule has 1 saturated heterocycles. The highest BCUT2D eigenvalue weighted by Gasteiger charge is 2.27. The van der Waals surface area contributed by atoms with Gasteiger partial charge in [0.1, 0.15) is 0 Å². The predicted octanol–water partition coefficient (Wildman–Crippen LogP) is 1.51. The predicted molar refractivity (Wildman–Crippen MR) is 69.2 cm³/mol. The van der Waals surface area contributed by atoms with Gasteiger partial charge in [-0.25, -0.2) is 0 Å². The first-order valence-electron chi connectivity index (χ1n) is 6.49. The molecule has 1 aliphatic heterocycles. The maximum atomic E-state index is 11.0. The molecule has 100 valence electrons. The number of piperazine rings is 1. The molecular formula is C13H26N2O2. The molecule has 1 unspecified atom stereocenters. The average Bonchev–Trinajstić information content (AvgIpc) is 2.21. The number of hydrogen-bond donors (Lipinski definition) is 1. The lowest BCUT2D eigenvalue weighted by molar-refractivity contribution is -0.147. The highest BCUT2D eigenvalue weighted by Crippen LogP contribution is 2.23. The van der Waals surface area contributed by atoms with E-state index in [2.05, 4.69) is 23.8 Å². The van der Waals surface area contributed by atoms with Gasteiger partial charge in [0.05, 0.1) is 5.41 Å². The Labute approximate surface area is 105 Å². The third kappa shape index (κ3) is 4.28. The lowest BCUT2D eigenvalue weighted by Crippen LogP contribution is -2.50. The standard InChI is InChI=1S/C13H26N2O2/c1-11-10-14(4)8-9-15(11)7-5-6-13(2,3)12(16)17/h11H,5-10H2,1-4H3,(H,16,17). The van der Waals surface area contributed by atoms with Crippen molar-refractivity contribution in [3.63, 3.8) is 0 Å². The summed E-state index contributed by atoms with van der Waals surface area (Å²) in [5.74, 6) is -0.691. The van der Waals surface area contributed by atoms with Crippen molar-refractivity contribution in [2.45, 2.75) is 39.7 Å². The zero-order chi connectivity index (χ0) is 13.1. The van der Waals surface area contributed by atoms with E-state index in [9.17, 15) is 4.79 Å². The lowest BCUT2D eigenvalue weighted by Gasteiger charge is -2.38. The summed E-state index contributed by atoms with van der Waals surface area (Å²) >= 11 is 0. The van der Waals surface area contributed by atoms with E-state index >= 15 is 0 Å². The minimum atomic E-state index is -0.691. The first-order valence-corrected chi connectivity index (χ1v) is 6.49. The highest BCUT2D eigenvalue weighted by molar-refractivity contribution is 5.73. The first kappa shape index (κ1) is 14.5. The number of carbonyl (C=O) groups is 1. The van der Waals surface area contributed by atoms with Crippen LogP contribution in [0.1, 0.15) is 33.6 Å². The van der Waals surface area contributed by atoms with Crippen LogP contribution in [0.2, 0.25) is 0 Å². The van der Waals surface area contributed by atoms with E-state index in [1.165, 1.54) is 0 Å². The van der Waals surface area contributed by atoms with Gasteiger partial charge >= 0.3 is 5.97 Å². The summed E-state index contributed by atoms with van der Waals surface area (Å²) in [4.78, 5) is 15.8. The summed E-state index contributed by atoms with van der Waals surface area (Å²) in [7, 11) is 2.15. The van der Waals surface area contributed by atoms with Crippen LogP contribution in [0.25, 0.3) is 0 Å². The average molecular weight is 242 g/mol. The normalized spacial score (nSPS) is 23.9. The Morgan fingerprint density at radius 1 is 1.41 bits per heavy atom. The first-order chi connectivity index (χ1) is 7.83. The van der Waals surface area contributed by atoms with Gasteiger partial charge in [-0.05, 0) is 47.2 Å². The fourth-order valence-corrected chi connectivity index (χ4v) is 2.34. The molecule has 1 aliphatic rings. The zero-order valence-corrected chi connectivity index (χ0v) is 11.6. The molecule has 0 aromatic heterocycles. The minimum Gasteiger partial charge on any atom is -0.481 e. The molecule has 0 bridgehead atoms. The van der Waals surface area contributed by atoms with Gasteiger partial charge in [0, 0.05) is 25.7 Å². The number of carboxylic acid groups (broad SMARTS) is 1. The van der Waals surface area contributed by atoms with Gasteiger partial charge in [-0.3, -0.25) is 9.69 Å². The largest absolute Gasteiger partial charge is 0.481 e. The second-order valence-electron chi connectivity index (χ2n) is 5.94. The summed E-state index contributed by atoms with van der Waals surface area (Å²) in [5, 5.41) is 9.04. The molecule has 4 nitrogen and oxygen atoms in total. The molecule has 0 amide bonds. The highest BCUT2D eigenvalue weighted by atomic mass is 16.4. The molecule has 1 rings (SSSR count). The molecule has 0 radical (unpaired) electrons. The van der Waals surface area contributed by atoms with Crippen LogP contribution in [0.3, 0.4) is 0 Å². The Morgan fingerprint density at radius 3 is 2.59 bits per heavy atom. The van der Waals surface area contributed by atoms with Gasteiger partial charge in [0.2, 0.25) is 0 Å². The second-order valence-corrected chi connectivity index (χ2v) is 5.94. The Balaban J connectivity index is 2.29. The van der Waals surface area contributed by atoms with Crippen molar-refractivity contribution in [1.29, 1.82) is 0 Å². The minimum absolute atomic E-state index is 0.585. The molecule has 0 aromatic carbocycles. The van der Waals surface area contributed by atoms with Crippen LogP contribution in [0.15, 0.2) is 0 Å². The third-order valence-electron chi connectivity index (χ3n) is 3.79. The lowest BCUT2D eigenvalue weighted by atomic mass is 9.88. The summed E-state index contributed by atoms with van der Waals surface area (Å²) < 4.78 is 0. The summed E-state index contributed by atoms with van der Waals surface area (Å²) in [6.07, 6.45) is 1.72. The Hall–Kier alpha value is -0.610. The molecule has 0 saturated carbocycles. The SMILES string of the molecule is CC1CN(C)CCN1CCCC(C)(C)C(=O)O. The van der Waals surface area contributed by atoms with Crippen LogP contribution in [0, 0.1) is 5.41 Å². The van der Waals surface area contributed by atoms with E-state index in [4.69, 9.17) is 5.11 Å². The topological polar surface area (TPSA) is 43.8 Å². The number of nitrogens with zero attached hydrogens (tertiary/aromatic N) is 2. The van der Waals surface area contributed by atoms with Crippen molar-refractivity contribution in [3.05, 3.63) is 0 Å². The van der Waals surface area contributed by atoms with Crippen LogP contribution < -0.4 is 0 Å². The van der Waals surface area contributed by atoms with Gasteiger partial charge in [-0.2, -0.15) is 0 Å². The van der Waals surface area contributed by atoms with Gasteiger partial charge in [-0.15, -0.1) is 0 Å². The molecule has 1 heterocycles. The van der Waals surface area contributed by atoms with E-state index in [0.717, 1.165) is 39.0 Å². The monoisotopic (exact) mass is 242 g/mol. The molecule has 4 heteroatoms. The quantitative estimate of drug-likeness (QED) is 0.794. The molecule has 0 aliphatic carbocycles. The van der Waals surface area contributed by atoms with Gasteiger partial charge < -0.3 is 10.0 Å². The molecule has 1 fully saturated rings. The Morgan fingerprint density at radius 2 is 2.06 bits per heavy atom. The Bertz CT molecular complexity index is 266. The van der Waals surface area contributed by atoms with E-state index in [-0.39, 0.29) is 0 Å². The van der Waals surface area contributed by atoms with E-state index in [1.54, 1.807) is 0 Å². The third-order valence-corrected chi connectivity index (χ3v) is 3.79. The van der Waals surface area contributed by atoms with Crippen molar-refractivity contribution < 1.29 is 9.90 Å². The van der Waals surface area contributed by atoms with Crippen LogP contribution >= 0.6 is 0 Å². The van der Waals surface area contributed by atoms with E-state index in [0.29, 0.717) is 6.04 Å². The number of hydrogen-bond acceptors (Lipinski definition) is 3. The summed E-state index contributed by atoms with van der Waals surface area (Å²) in [6, 6.07) is 0.585. The molecule has 17 heavy (non-hydrogen) atoms. The fraction of sp³-hybridized carbons (Fsp3) is 0.923. The van der Waals surface area contributed by atoms with Crippen LogP contribution in [0.5, 0.6) is 0 Å². The molecular weight excluding hydrogens is 216 g/mol. The zero-order valence-electron chi connectivity index (χ0n) is 11.6. The number of carboxylic acids is 1.